The first-order valence-corrected chi connectivity index (χ1v) is 33.9. The topological polar surface area (TPSA) is 76.1 Å². The Morgan fingerprint density at radius 1 is 0.265 bits per heavy atom. The highest BCUT2D eigenvalue weighted by Crippen LogP contribution is 2.41. The van der Waals surface area contributed by atoms with Crippen LogP contribution in [0.3, 0.4) is 0 Å². The van der Waals surface area contributed by atoms with Crippen molar-refractivity contribution >= 4 is 100 Å². The van der Waals surface area contributed by atoms with Crippen LogP contribution in [0, 0.1) is 3.57 Å². The number of fused-ring (bicyclic) bond motifs is 8. The largest absolute Gasteiger partial charge is 0.488 e. The van der Waals surface area contributed by atoms with E-state index in [2.05, 4.69) is 345 Å². The van der Waals surface area contributed by atoms with Crippen molar-refractivity contribution in [1.29, 1.82) is 0 Å². The summed E-state index contributed by atoms with van der Waals surface area (Å²) in [6.45, 7) is 0. The van der Waals surface area contributed by atoms with Crippen molar-refractivity contribution in [1.82, 2.24) is 19.1 Å². The molecular weight excluding hydrogens is 1310 g/mol. The molecule has 0 unspecified atom stereocenters. The first-order valence-electron chi connectivity index (χ1n) is 32.8. The number of benzene rings is 14. The summed E-state index contributed by atoms with van der Waals surface area (Å²) in [5.74, 6) is 0. The normalized spacial score (nSPS) is 11.2. The molecule has 18 rings (SSSR count). The van der Waals surface area contributed by atoms with E-state index >= 15 is 0 Å². The zero-order chi connectivity index (χ0) is 65.9. The van der Waals surface area contributed by atoms with E-state index in [1.54, 1.807) is 24.5 Å². The average molecular weight is 1370 g/mol. The fraction of sp³-hybridized carbons (Fsp3) is 0. The van der Waals surface area contributed by atoms with E-state index in [1.165, 1.54) is 147 Å². The van der Waals surface area contributed by atoms with Crippen molar-refractivity contribution in [3.63, 3.8) is 0 Å². The Labute approximate surface area is 584 Å². The van der Waals surface area contributed by atoms with E-state index in [9.17, 15) is 0 Å². The number of halogens is 1. The van der Waals surface area contributed by atoms with Gasteiger partial charge in [0.05, 0.1) is 22.1 Å². The third kappa shape index (κ3) is 12.0. The van der Waals surface area contributed by atoms with E-state index in [-0.39, 0.29) is 1.43 Å². The molecule has 4 aromatic heterocycles. The van der Waals surface area contributed by atoms with Crippen LogP contribution in [-0.2, 0) is 0 Å². The number of pyridine rings is 2. The maximum Gasteiger partial charge on any atom is 0.488 e. The molecule has 0 amide bonds. The molecule has 0 fully saturated rings. The van der Waals surface area contributed by atoms with Gasteiger partial charge in [0.2, 0.25) is 0 Å². The molecule has 0 radical (unpaired) electrons. The van der Waals surface area contributed by atoms with Crippen molar-refractivity contribution in [3.05, 3.63) is 368 Å². The SMILES string of the molecule is Ic1cccc2cccc(-c3ccc(-c4ccc5c(c4)c4ccccc4n5-c4ccccc4)cc3)c12.OB(O)c1ccc(-c2ccncc2)cc1.[2HH].c1ccc(-n2c3ccccc3c3cc(-c4ccc(-c5cccc6cccc(-c7ccc(-c8ccncc8)cc7)c56)cc4)ccc32)cc1. The van der Waals surface area contributed by atoms with E-state index < -0.39 is 7.12 Å². The Morgan fingerprint density at radius 2 is 0.582 bits per heavy atom. The third-order valence-corrected chi connectivity index (χ3v) is 19.5. The minimum atomic E-state index is -1.41. The number of aromatic nitrogens is 4. The monoisotopic (exact) mass is 1370 g/mol. The van der Waals surface area contributed by atoms with Crippen LogP contribution in [0.5, 0.6) is 0 Å². The molecule has 0 aliphatic rings. The van der Waals surface area contributed by atoms with E-state index in [1.807, 2.05) is 36.7 Å². The molecule has 2 N–H and O–H groups in total. The van der Waals surface area contributed by atoms with Gasteiger partial charge in [-0.2, -0.15) is 0 Å². The van der Waals surface area contributed by atoms with Crippen LogP contribution in [0.15, 0.2) is 365 Å². The summed E-state index contributed by atoms with van der Waals surface area (Å²) in [5, 5.41) is 28.1. The van der Waals surface area contributed by atoms with Gasteiger partial charge in [0, 0.05) is 68.1 Å². The molecule has 0 spiro atoms. The number of hydrogen-bond donors (Lipinski definition) is 2. The van der Waals surface area contributed by atoms with Crippen LogP contribution >= 0.6 is 22.6 Å². The van der Waals surface area contributed by atoms with Crippen LogP contribution in [0.2, 0.25) is 0 Å². The smallest absolute Gasteiger partial charge is 0.423 e. The zero-order valence-corrected chi connectivity index (χ0v) is 55.4. The van der Waals surface area contributed by atoms with Crippen molar-refractivity contribution in [2.75, 3.05) is 0 Å². The average Bonchev–Trinajstić information content (AvgIpc) is 1.64. The Kier molecular flexibility index (Phi) is 16.9. The molecule has 4 heterocycles. The molecular formula is C90H64BIN4O2. The number of hydrogen-bond acceptors (Lipinski definition) is 4. The van der Waals surface area contributed by atoms with Crippen LogP contribution in [0.25, 0.3) is 154 Å². The second-order valence-electron chi connectivity index (χ2n) is 24.4. The van der Waals surface area contributed by atoms with Gasteiger partial charge in [0.1, 0.15) is 0 Å². The maximum absolute atomic E-state index is 8.93. The van der Waals surface area contributed by atoms with E-state index in [0.29, 0.717) is 5.46 Å². The van der Waals surface area contributed by atoms with Crippen LogP contribution in [-0.4, -0.2) is 36.3 Å². The molecule has 0 atom stereocenters. The quantitative estimate of drug-likeness (QED) is 0.106. The molecule has 0 aliphatic carbocycles. The highest BCUT2D eigenvalue weighted by molar-refractivity contribution is 14.1. The Hall–Kier alpha value is -11.8. The van der Waals surface area contributed by atoms with Gasteiger partial charge in [-0.15, -0.1) is 0 Å². The lowest BCUT2D eigenvalue weighted by Crippen LogP contribution is -2.29. The van der Waals surface area contributed by atoms with Crippen molar-refractivity contribution in [3.8, 4) is 89.3 Å². The second-order valence-corrected chi connectivity index (χ2v) is 25.6. The highest BCUT2D eigenvalue weighted by Gasteiger charge is 2.18. The minimum absolute atomic E-state index is 0. The van der Waals surface area contributed by atoms with Crippen LogP contribution in [0.1, 0.15) is 1.43 Å². The van der Waals surface area contributed by atoms with Gasteiger partial charge in [-0.25, -0.2) is 0 Å². The van der Waals surface area contributed by atoms with Gasteiger partial charge >= 0.3 is 7.12 Å². The highest BCUT2D eigenvalue weighted by atomic mass is 127. The lowest BCUT2D eigenvalue weighted by Gasteiger charge is -2.14. The third-order valence-electron chi connectivity index (χ3n) is 18.6. The molecule has 18 aromatic rings. The Balaban J connectivity index is 0.000000135. The summed E-state index contributed by atoms with van der Waals surface area (Å²) in [6, 6.07) is 121. The number of rotatable bonds is 10. The molecule has 14 aromatic carbocycles. The van der Waals surface area contributed by atoms with Gasteiger partial charge in [0.15, 0.2) is 0 Å². The Bertz CT molecular complexity index is 5860. The number of para-hydroxylation sites is 4. The fourth-order valence-corrected chi connectivity index (χ4v) is 14.6. The van der Waals surface area contributed by atoms with Gasteiger partial charge in [-0.1, -0.05) is 249 Å². The van der Waals surface area contributed by atoms with E-state index in [4.69, 9.17) is 10.0 Å². The molecule has 0 saturated carbocycles. The van der Waals surface area contributed by atoms with Gasteiger partial charge < -0.3 is 19.2 Å². The maximum atomic E-state index is 8.93. The fourth-order valence-electron chi connectivity index (χ4n) is 13.8. The summed E-state index contributed by atoms with van der Waals surface area (Å²) >= 11 is 2.45. The number of nitrogens with zero attached hydrogens (tertiary/aromatic N) is 4. The minimum Gasteiger partial charge on any atom is -0.423 e. The van der Waals surface area contributed by atoms with Crippen molar-refractivity contribution < 1.29 is 11.5 Å². The van der Waals surface area contributed by atoms with Gasteiger partial charge in [0.25, 0.3) is 0 Å². The van der Waals surface area contributed by atoms with Crippen LogP contribution < -0.4 is 5.46 Å². The lowest BCUT2D eigenvalue weighted by atomic mass is 9.80. The summed E-state index contributed by atoms with van der Waals surface area (Å²) < 4.78 is 6.01. The first-order chi connectivity index (χ1) is 48.4. The summed E-state index contributed by atoms with van der Waals surface area (Å²) in [6.07, 6.45) is 7.14. The standard InChI is InChI=1S/C45H30N2.C34H22IN.C11H10BNO2.H2/c1-2-10-38(11-3-1)47-43-15-5-4-12-41(43)42-30-37(24-25-44(42)47)32-18-22-35(23-19-32)40-14-7-9-36-8-6-13-39(45(36)40)34-20-16-31(17-21-34)33-26-28-46-29-27-33;35-31-14-7-9-25-8-6-13-28(34(25)31)24-18-16-23(17-19-24)26-20-21-33-30(22-26)29-12-4-5-15-32(29)36(33)27-10-2-1-3-11-27;14-12(15)11-3-1-9(2-4-11)10-5-7-13-8-6-10;/h1-30H;1-22H;1-8,14-15H;1H/i;;;1+1. The second kappa shape index (κ2) is 27.1. The molecule has 98 heavy (non-hydrogen) atoms. The molecule has 0 saturated heterocycles. The summed E-state index contributed by atoms with van der Waals surface area (Å²) in [5.41, 5.74) is 24.5. The van der Waals surface area contributed by atoms with E-state index in [0.717, 1.165) is 11.1 Å². The zero-order valence-electron chi connectivity index (χ0n) is 53.3. The predicted octanol–water partition coefficient (Wildman–Crippen LogP) is 22.5. The summed E-state index contributed by atoms with van der Waals surface area (Å²) in [7, 11) is -1.41. The molecule has 6 nitrogen and oxygen atoms in total. The van der Waals surface area contributed by atoms with Gasteiger partial charge in [-0.3, -0.25) is 9.97 Å². The molecule has 0 bridgehead atoms. The Morgan fingerprint density at radius 3 is 1.00 bits per heavy atom. The lowest BCUT2D eigenvalue weighted by molar-refractivity contribution is 0.426. The molecule has 0 aliphatic heterocycles. The first kappa shape index (κ1) is 61.1. The molecule has 8 heteroatoms. The van der Waals surface area contributed by atoms with Crippen LogP contribution in [0.4, 0.5) is 0 Å². The summed E-state index contributed by atoms with van der Waals surface area (Å²) in [4.78, 5) is 8.10. The predicted molar refractivity (Wildman–Crippen MR) is 421 cm³/mol. The van der Waals surface area contributed by atoms with Crippen molar-refractivity contribution in [2.45, 2.75) is 0 Å². The van der Waals surface area contributed by atoms with Crippen molar-refractivity contribution in [2.24, 2.45) is 0 Å². The van der Waals surface area contributed by atoms with Gasteiger partial charge in [-0.05, 0) is 213 Å². The molecule has 466 valence electrons.